The molecule has 0 bridgehead atoms. The highest BCUT2D eigenvalue weighted by Gasteiger charge is 2.47. The molecule has 0 saturated carbocycles. The van der Waals surface area contributed by atoms with Crippen molar-refractivity contribution in [1.29, 1.82) is 0 Å². The second-order valence-corrected chi connectivity index (χ2v) is 7.29. The molecule has 0 spiro atoms. The van der Waals surface area contributed by atoms with Gasteiger partial charge in [0.15, 0.2) is 5.88 Å². The largest absolute Gasteiger partial charge is 0.480 e. The monoisotopic (exact) mass is 259 g/mol. The lowest BCUT2D eigenvalue weighted by atomic mass is 10.0. The summed E-state index contributed by atoms with van der Waals surface area (Å²) in [6.07, 6.45) is 0. The van der Waals surface area contributed by atoms with Gasteiger partial charge in [-0.1, -0.05) is 0 Å². The van der Waals surface area contributed by atoms with Gasteiger partial charge in [0.1, 0.15) is 11.6 Å². The fourth-order valence-electron chi connectivity index (χ4n) is 1.82. The maximum absolute atomic E-state index is 11.3. The molecular weight excluding hydrogens is 238 g/mol. The quantitative estimate of drug-likeness (QED) is 0.789. The zero-order valence-corrected chi connectivity index (χ0v) is 11.9. The van der Waals surface area contributed by atoms with Crippen LogP contribution in [0.25, 0.3) is 0 Å². The van der Waals surface area contributed by atoms with Crippen LogP contribution in [-0.2, 0) is 9.53 Å². The van der Waals surface area contributed by atoms with Crippen molar-refractivity contribution in [1.82, 2.24) is 4.90 Å². The maximum atomic E-state index is 11.3. The summed E-state index contributed by atoms with van der Waals surface area (Å²) in [4.78, 5) is 13.1. The van der Waals surface area contributed by atoms with Gasteiger partial charge in [-0.05, 0) is 41.2 Å². The second-order valence-electron chi connectivity index (χ2n) is 5.70. The van der Waals surface area contributed by atoms with E-state index in [9.17, 15) is 9.90 Å². The summed E-state index contributed by atoms with van der Waals surface area (Å²) in [6.45, 7) is 13.5. The van der Waals surface area contributed by atoms with E-state index in [2.05, 4.69) is 6.58 Å². The maximum Gasteiger partial charge on any atom is 0.327 e. The van der Waals surface area contributed by atoms with Crippen LogP contribution in [0, 0.1) is 0 Å². The van der Waals surface area contributed by atoms with E-state index >= 15 is 0 Å². The van der Waals surface area contributed by atoms with Gasteiger partial charge in [-0.3, -0.25) is 0 Å². The zero-order valence-electron chi connectivity index (χ0n) is 11.1. The van der Waals surface area contributed by atoms with Crippen molar-refractivity contribution in [3.05, 3.63) is 12.5 Å². The fraction of sp³-hybridized carbons (Fsp3) is 0.750. The Kier molecular flexibility index (Phi) is 3.72. The number of carbonyl (C=O) groups is 1. The minimum Gasteiger partial charge on any atom is -0.480 e. The molecular formula is C12H21NO3S. The Balaban J connectivity index is 2.85. The molecule has 1 unspecified atom stereocenters. The standard InChI is InChI=1S/C12H21NO3S/c1-8(16-11(2,3)4)13-7-17-12(5,6)9(13)10(14)15/h9H,1,7H2,2-6H3,(H,14,15). The Labute approximate surface area is 107 Å². The minimum absolute atomic E-state index is 0.337. The molecule has 1 fully saturated rings. The average molecular weight is 259 g/mol. The molecule has 0 aromatic rings. The topological polar surface area (TPSA) is 49.8 Å². The molecule has 0 amide bonds. The summed E-state index contributed by atoms with van der Waals surface area (Å²) in [6, 6.07) is -0.595. The first-order chi connectivity index (χ1) is 7.54. The van der Waals surface area contributed by atoms with E-state index in [1.165, 1.54) is 0 Å². The number of hydrogen-bond donors (Lipinski definition) is 1. The van der Waals surface area contributed by atoms with Gasteiger partial charge in [0, 0.05) is 4.75 Å². The number of nitrogens with zero attached hydrogens (tertiary/aromatic N) is 1. The molecule has 0 radical (unpaired) electrons. The Morgan fingerprint density at radius 3 is 2.47 bits per heavy atom. The van der Waals surface area contributed by atoms with Gasteiger partial charge < -0.3 is 14.7 Å². The predicted octanol–water partition coefficient (Wildman–Crippen LogP) is 2.51. The first kappa shape index (κ1) is 14.2. The molecule has 5 heteroatoms. The number of thioether (sulfide) groups is 1. The van der Waals surface area contributed by atoms with E-state index in [1.54, 1.807) is 16.7 Å². The molecule has 1 rings (SSSR count). The van der Waals surface area contributed by atoms with Crippen molar-refractivity contribution in [3.8, 4) is 0 Å². The third kappa shape index (κ3) is 3.31. The third-order valence-electron chi connectivity index (χ3n) is 2.52. The second kappa shape index (κ2) is 4.44. The molecule has 4 nitrogen and oxygen atoms in total. The summed E-state index contributed by atoms with van der Waals surface area (Å²) >= 11 is 1.60. The highest BCUT2D eigenvalue weighted by molar-refractivity contribution is 8.00. The van der Waals surface area contributed by atoms with Crippen LogP contribution in [0.3, 0.4) is 0 Å². The van der Waals surface area contributed by atoms with Crippen LogP contribution in [-0.4, -0.2) is 38.2 Å². The Bertz CT molecular complexity index is 333. The van der Waals surface area contributed by atoms with Crippen molar-refractivity contribution in [3.63, 3.8) is 0 Å². The zero-order chi connectivity index (χ0) is 13.4. The van der Waals surface area contributed by atoms with E-state index < -0.39 is 12.0 Å². The van der Waals surface area contributed by atoms with Gasteiger partial charge >= 0.3 is 5.97 Å². The Morgan fingerprint density at radius 1 is 1.53 bits per heavy atom. The van der Waals surface area contributed by atoms with E-state index in [4.69, 9.17) is 4.74 Å². The Morgan fingerprint density at radius 2 is 2.06 bits per heavy atom. The smallest absolute Gasteiger partial charge is 0.327 e. The van der Waals surface area contributed by atoms with Crippen molar-refractivity contribution >= 4 is 17.7 Å². The van der Waals surface area contributed by atoms with E-state index in [0.29, 0.717) is 11.8 Å². The van der Waals surface area contributed by atoms with Gasteiger partial charge in [0.2, 0.25) is 0 Å². The molecule has 0 aliphatic carbocycles. The number of hydrogen-bond acceptors (Lipinski definition) is 4. The van der Waals surface area contributed by atoms with Crippen LogP contribution in [0.1, 0.15) is 34.6 Å². The highest BCUT2D eigenvalue weighted by atomic mass is 32.2. The summed E-state index contributed by atoms with van der Waals surface area (Å²) in [5, 5.41) is 9.31. The van der Waals surface area contributed by atoms with Crippen molar-refractivity contribution in [2.45, 2.75) is 51.0 Å². The van der Waals surface area contributed by atoms with Crippen LogP contribution >= 0.6 is 11.8 Å². The molecule has 1 atom stereocenters. The number of rotatable bonds is 3. The SMILES string of the molecule is C=C(OC(C)(C)C)N1CSC(C)(C)C1C(=O)O. The molecule has 1 heterocycles. The van der Waals surface area contributed by atoms with Gasteiger partial charge in [0.05, 0.1) is 5.88 Å². The highest BCUT2D eigenvalue weighted by Crippen LogP contribution is 2.41. The predicted molar refractivity (Wildman–Crippen MR) is 69.8 cm³/mol. The van der Waals surface area contributed by atoms with Gasteiger partial charge in [-0.15, -0.1) is 11.8 Å². The van der Waals surface area contributed by atoms with Gasteiger partial charge in [-0.2, -0.15) is 0 Å². The van der Waals surface area contributed by atoms with Crippen LogP contribution in [0.2, 0.25) is 0 Å². The summed E-state index contributed by atoms with van der Waals surface area (Å²) in [5.74, 6) is 0.195. The summed E-state index contributed by atoms with van der Waals surface area (Å²) in [5.41, 5.74) is -0.364. The lowest BCUT2D eigenvalue weighted by Gasteiger charge is -2.33. The van der Waals surface area contributed by atoms with Crippen LogP contribution in [0.5, 0.6) is 0 Å². The van der Waals surface area contributed by atoms with Crippen molar-refractivity contribution in [2.24, 2.45) is 0 Å². The molecule has 0 aromatic carbocycles. The van der Waals surface area contributed by atoms with Crippen LogP contribution in [0.15, 0.2) is 12.5 Å². The molecule has 1 aliphatic rings. The fourth-order valence-corrected chi connectivity index (χ4v) is 2.97. The van der Waals surface area contributed by atoms with Crippen molar-refractivity contribution in [2.75, 3.05) is 5.88 Å². The summed E-state index contributed by atoms with van der Waals surface area (Å²) in [7, 11) is 0. The van der Waals surface area contributed by atoms with Crippen molar-refractivity contribution < 1.29 is 14.6 Å². The normalized spacial score (nSPS) is 23.6. The summed E-state index contributed by atoms with van der Waals surface area (Å²) < 4.78 is 5.31. The van der Waals surface area contributed by atoms with E-state index in [1.807, 2.05) is 34.6 Å². The number of carboxylic acids is 1. The lowest BCUT2D eigenvalue weighted by molar-refractivity contribution is -0.144. The van der Waals surface area contributed by atoms with E-state index in [0.717, 1.165) is 0 Å². The number of ether oxygens (including phenoxy) is 1. The average Bonchev–Trinajstić information content (AvgIpc) is 2.37. The first-order valence-electron chi connectivity index (χ1n) is 5.56. The Hall–Kier alpha value is -0.840. The van der Waals surface area contributed by atoms with E-state index in [-0.39, 0.29) is 10.3 Å². The molecule has 1 aliphatic heterocycles. The first-order valence-corrected chi connectivity index (χ1v) is 6.54. The molecule has 1 saturated heterocycles. The number of carboxylic acid groups (broad SMARTS) is 1. The molecule has 17 heavy (non-hydrogen) atoms. The van der Waals surface area contributed by atoms with Crippen LogP contribution < -0.4 is 0 Å². The third-order valence-corrected chi connectivity index (χ3v) is 3.90. The molecule has 1 N–H and O–H groups in total. The lowest BCUT2D eigenvalue weighted by Crippen LogP contribution is -2.46. The van der Waals surface area contributed by atoms with Crippen LogP contribution in [0.4, 0.5) is 0 Å². The molecule has 0 aromatic heterocycles. The molecule has 98 valence electrons. The minimum atomic E-state index is -0.835. The van der Waals surface area contributed by atoms with Gasteiger partial charge in [0.25, 0.3) is 0 Å². The van der Waals surface area contributed by atoms with Gasteiger partial charge in [-0.25, -0.2) is 4.79 Å². The number of aliphatic carboxylic acids is 1.